The molecule has 0 spiro atoms. The van der Waals surface area contributed by atoms with E-state index in [1.165, 1.54) is 9.13 Å². The lowest BCUT2D eigenvalue weighted by atomic mass is 10.2. The molecule has 0 fully saturated rings. The maximum Gasteiger partial charge on any atom is 0.337 e. The molecule has 4 aromatic rings. The fraction of sp³-hybridized carbons (Fsp3) is 0.227. The van der Waals surface area contributed by atoms with Gasteiger partial charge in [-0.15, -0.1) is 0 Å². The monoisotopic (exact) mass is 408 g/mol. The Morgan fingerprint density at radius 2 is 1.72 bits per heavy atom. The zero-order chi connectivity index (χ0) is 20.7. The highest BCUT2D eigenvalue weighted by molar-refractivity contribution is 6.31. The lowest BCUT2D eigenvalue weighted by Crippen LogP contribution is -2.41. The normalized spacial score (nSPS) is 11.5. The van der Waals surface area contributed by atoms with Gasteiger partial charge in [-0.05, 0) is 44.0 Å². The van der Waals surface area contributed by atoms with Crippen LogP contribution in [0.4, 0.5) is 0 Å². The van der Waals surface area contributed by atoms with Gasteiger partial charge in [0.05, 0.1) is 18.6 Å². The number of benzene rings is 2. The van der Waals surface area contributed by atoms with Gasteiger partial charge >= 0.3 is 5.69 Å². The summed E-state index contributed by atoms with van der Waals surface area (Å²) in [5.41, 5.74) is 2.48. The van der Waals surface area contributed by atoms with E-state index in [0.29, 0.717) is 28.4 Å². The zero-order valence-corrected chi connectivity index (χ0v) is 17.2. The number of nitrogens with zero attached hydrogens (tertiary/aromatic N) is 4. The Balaban J connectivity index is 2.06. The molecule has 2 aromatic carbocycles. The van der Waals surface area contributed by atoms with Crippen LogP contribution in [0.1, 0.15) is 31.0 Å². The van der Waals surface area contributed by atoms with Crippen LogP contribution in [0.25, 0.3) is 16.9 Å². The second-order valence-electron chi connectivity index (χ2n) is 7.31. The Hall–Kier alpha value is -3.12. The van der Waals surface area contributed by atoms with Gasteiger partial charge in [-0.1, -0.05) is 48.0 Å². The van der Waals surface area contributed by atoms with Crippen molar-refractivity contribution in [2.45, 2.75) is 33.4 Å². The molecule has 0 aliphatic heterocycles. The van der Waals surface area contributed by atoms with Crippen molar-refractivity contribution in [3.05, 3.63) is 91.8 Å². The molecule has 0 radical (unpaired) electrons. The highest BCUT2D eigenvalue weighted by atomic mass is 35.5. The molecular weight excluding hydrogens is 388 g/mol. The van der Waals surface area contributed by atoms with E-state index >= 15 is 0 Å². The molecule has 2 aromatic heterocycles. The van der Waals surface area contributed by atoms with Crippen molar-refractivity contribution in [3.8, 4) is 5.69 Å². The lowest BCUT2D eigenvalue weighted by molar-refractivity contribution is 0.538. The molecule has 148 valence electrons. The van der Waals surface area contributed by atoms with Crippen LogP contribution in [-0.4, -0.2) is 18.7 Å². The van der Waals surface area contributed by atoms with Gasteiger partial charge < -0.3 is 4.57 Å². The molecule has 4 rings (SSSR count). The van der Waals surface area contributed by atoms with Gasteiger partial charge in [0.1, 0.15) is 0 Å². The summed E-state index contributed by atoms with van der Waals surface area (Å²) < 4.78 is 4.56. The molecule has 2 heterocycles. The predicted molar refractivity (Wildman–Crippen MR) is 115 cm³/mol. The number of hydrogen-bond acceptors (Lipinski definition) is 3. The van der Waals surface area contributed by atoms with Gasteiger partial charge in [0, 0.05) is 11.1 Å². The number of para-hydroxylation sites is 1. The Morgan fingerprint density at radius 3 is 2.41 bits per heavy atom. The molecule has 0 unspecified atom stereocenters. The summed E-state index contributed by atoms with van der Waals surface area (Å²) in [6.07, 6.45) is 1.59. The summed E-state index contributed by atoms with van der Waals surface area (Å²) in [6.45, 7) is 5.96. The van der Waals surface area contributed by atoms with E-state index in [2.05, 4.69) is 4.98 Å². The topological polar surface area (TPSA) is 61.8 Å². The van der Waals surface area contributed by atoms with Crippen LogP contribution >= 0.6 is 11.6 Å². The van der Waals surface area contributed by atoms with E-state index < -0.39 is 5.69 Å². The van der Waals surface area contributed by atoms with E-state index in [4.69, 9.17) is 11.6 Å². The number of aryl methyl sites for hydroxylation is 1. The third kappa shape index (κ3) is 3.19. The molecule has 0 bridgehead atoms. The van der Waals surface area contributed by atoms with Gasteiger partial charge in [0.15, 0.2) is 11.2 Å². The first-order valence-electron chi connectivity index (χ1n) is 9.42. The first kappa shape index (κ1) is 19.2. The van der Waals surface area contributed by atoms with Crippen LogP contribution in [0.2, 0.25) is 5.02 Å². The Bertz CT molecular complexity index is 1330. The first-order valence-corrected chi connectivity index (χ1v) is 9.79. The van der Waals surface area contributed by atoms with Crippen molar-refractivity contribution in [3.63, 3.8) is 0 Å². The standard InChI is InChI=1S/C22H21ClN4O2/c1-14(2)26-21(28)19-20(27(22(26)29)18-11-7-4-8-15(18)3)24-13-25(19)12-16-9-5-6-10-17(16)23/h4-11,13-14H,12H2,1-3H3. The van der Waals surface area contributed by atoms with Gasteiger partial charge in [0.2, 0.25) is 0 Å². The molecule has 0 aliphatic carbocycles. The van der Waals surface area contributed by atoms with Crippen LogP contribution in [0.15, 0.2) is 64.4 Å². The smallest absolute Gasteiger partial charge is 0.320 e. The highest BCUT2D eigenvalue weighted by Gasteiger charge is 2.21. The molecule has 0 atom stereocenters. The van der Waals surface area contributed by atoms with Crippen LogP contribution in [-0.2, 0) is 6.54 Å². The maximum atomic E-state index is 13.3. The average Bonchev–Trinajstić information content (AvgIpc) is 3.08. The van der Waals surface area contributed by atoms with Crippen LogP contribution in [0.3, 0.4) is 0 Å². The molecule has 0 N–H and O–H groups in total. The summed E-state index contributed by atoms with van der Waals surface area (Å²) in [5, 5.41) is 0.616. The number of aromatic nitrogens is 4. The molecule has 7 heteroatoms. The largest absolute Gasteiger partial charge is 0.337 e. The van der Waals surface area contributed by atoms with E-state index in [0.717, 1.165) is 11.1 Å². The number of halogens is 1. The second-order valence-corrected chi connectivity index (χ2v) is 7.72. The van der Waals surface area contributed by atoms with E-state index in [9.17, 15) is 9.59 Å². The van der Waals surface area contributed by atoms with Gasteiger partial charge in [-0.2, -0.15) is 0 Å². The number of rotatable bonds is 4. The molecule has 0 saturated carbocycles. The molecule has 0 saturated heterocycles. The highest BCUT2D eigenvalue weighted by Crippen LogP contribution is 2.20. The molecular formula is C22H21ClN4O2. The number of hydrogen-bond donors (Lipinski definition) is 0. The Kier molecular flexibility index (Phi) is 4.88. The number of imidazole rings is 1. The van der Waals surface area contributed by atoms with Crippen molar-refractivity contribution in [1.82, 2.24) is 18.7 Å². The van der Waals surface area contributed by atoms with Crippen molar-refractivity contribution in [2.24, 2.45) is 0 Å². The maximum absolute atomic E-state index is 13.3. The second kappa shape index (κ2) is 7.37. The molecule has 29 heavy (non-hydrogen) atoms. The third-order valence-electron chi connectivity index (χ3n) is 5.02. The molecule has 6 nitrogen and oxygen atoms in total. The summed E-state index contributed by atoms with van der Waals surface area (Å²) in [5.74, 6) is 0. The van der Waals surface area contributed by atoms with Gasteiger partial charge in [0.25, 0.3) is 5.56 Å². The zero-order valence-electron chi connectivity index (χ0n) is 16.5. The average molecular weight is 409 g/mol. The summed E-state index contributed by atoms with van der Waals surface area (Å²) in [6, 6.07) is 14.8. The van der Waals surface area contributed by atoms with Crippen molar-refractivity contribution in [1.29, 1.82) is 0 Å². The fourth-order valence-corrected chi connectivity index (χ4v) is 3.77. The van der Waals surface area contributed by atoms with Gasteiger partial charge in [-0.3, -0.25) is 9.36 Å². The third-order valence-corrected chi connectivity index (χ3v) is 5.39. The molecule has 0 aliphatic rings. The SMILES string of the molecule is Cc1ccccc1-n1c(=O)n(C(C)C)c(=O)c2c1ncn2Cc1ccccc1Cl. The Morgan fingerprint density at radius 1 is 1.03 bits per heavy atom. The van der Waals surface area contributed by atoms with Crippen LogP contribution < -0.4 is 11.2 Å². The Labute approximate surface area is 172 Å². The summed E-state index contributed by atoms with van der Waals surface area (Å²) in [4.78, 5) is 31.0. The van der Waals surface area contributed by atoms with E-state index in [-0.39, 0.29) is 11.6 Å². The van der Waals surface area contributed by atoms with E-state index in [1.54, 1.807) is 10.9 Å². The minimum absolute atomic E-state index is 0.293. The minimum atomic E-state index is -0.394. The van der Waals surface area contributed by atoms with Gasteiger partial charge in [-0.25, -0.2) is 14.3 Å². The summed E-state index contributed by atoms with van der Waals surface area (Å²) in [7, 11) is 0. The lowest BCUT2D eigenvalue weighted by Gasteiger charge is -2.16. The van der Waals surface area contributed by atoms with Crippen molar-refractivity contribution >= 4 is 22.8 Å². The van der Waals surface area contributed by atoms with E-state index in [1.807, 2.05) is 69.3 Å². The van der Waals surface area contributed by atoms with Crippen LogP contribution in [0, 0.1) is 6.92 Å². The van der Waals surface area contributed by atoms with Crippen molar-refractivity contribution in [2.75, 3.05) is 0 Å². The minimum Gasteiger partial charge on any atom is -0.320 e. The fourth-order valence-electron chi connectivity index (χ4n) is 3.57. The molecule has 0 amide bonds. The number of fused-ring (bicyclic) bond motifs is 1. The quantitative estimate of drug-likeness (QED) is 0.513. The van der Waals surface area contributed by atoms with Crippen LogP contribution in [0.5, 0.6) is 0 Å². The first-order chi connectivity index (χ1) is 13.9. The van der Waals surface area contributed by atoms with Crippen molar-refractivity contribution < 1.29 is 0 Å². The summed E-state index contributed by atoms with van der Waals surface area (Å²) >= 11 is 6.31. The predicted octanol–water partition coefficient (Wildman–Crippen LogP) is 3.94.